The lowest BCUT2D eigenvalue weighted by Gasteiger charge is -2.22. The number of ether oxygens (including phenoxy) is 1. The molecule has 0 spiro atoms. The van der Waals surface area contributed by atoms with Crippen molar-refractivity contribution in [1.29, 1.82) is 0 Å². The smallest absolute Gasteiger partial charge is 0.0784 e. The Morgan fingerprint density at radius 1 is 1.23 bits per heavy atom. The summed E-state index contributed by atoms with van der Waals surface area (Å²) in [5.74, 6) is 0. The molecule has 0 bridgehead atoms. The molecule has 0 heterocycles. The molecule has 1 unspecified atom stereocenters. The summed E-state index contributed by atoms with van der Waals surface area (Å²) in [5.41, 5.74) is 3.04. The van der Waals surface area contributed by atoms with Crippen molar-refractivity contribution in [1.82, 2.24) is 0 Å². The molecule has 1 aliphatic rings. The summed E-state index contributed by atoms with van der Waals surface area (Å²) >= 11 is 0. The molecule has 0 saturated carbocycles. The third-order valence-corrected chi connectivity index (χ3v) is 3.04. The van der Waals surface area contributed by atoms with E-state index in [0.717, 1.165) is 6.61 Å². The van der Waals surface area contributed by atoms with Gasteiger partial charge in [0.2, 0.25) is 0 Å². The molecule has 0 saturated heterocycles. The highest BCUT2D eigenvalue weighted by Crippen LogP contribution is 2.24. The average Bonchev–Trinajstić information content (AvgIpc) is 2.12. The summed E-state index contributed by atoms with van der Waals surface area (Å²) < 4.78 is 5.74. The predicted molar refractivity (Wildman–Crippen MR) is 56.9 cm³/mol. The standard InChI is InChI=1S/C12H22O/c1-4-13-12-9-7-5-6-8-10(2)11(12)3/h12H,4-9H2,1-3H3. The lowest BCUT2D eigenvalue weighted by Crippen LogP contribution is -2.17. The van der Waals surface area contributed by atoms with Crippen molar-refractivity contribution in [3.8, 4) is 0 Å². The fourth-order valence-electron chi connectivity index (χ4n) is 1.99. The lowest BCUT2D eigenvalue weighted by atomic mass is 9.93. The zero-order chi connectivity index (χ0) is 9.68. The number of allylic oxidation sites excluding steroid dienone is 1. The molecule has 13 heavy (non-hydrogen) atoms. The van der Waals surface area contributed by atoms with Crippen molar-refractivity contribution < 1.29 is 4.74 Å². The summed E-state index contributed by atoms with van der Waals surface area (Å²) in [4.78, 5) is 0. The molecule has 0 amide bonds. The second-order valence-corrected chi connectivity index (χ2v) is 4.01. The van der Waals surface area contributed by atoms with Gasteiger partial charge in [0.1, 0.15) is 0 Å². The van der Waals surface area contributed by atoms with Crippen molar-refractivity contribution in [3.63, 3.8) is 0 Å². The van der Waals surface area contributed by atoms with Crippen LogP contribution in [0, 0.1) is 0 Å². The van der Waals surface area contributed by atoms with Crippen molar-refractivity contribution >= 4 is 0 Å². The first-order chi connectivity index (χ1) is 6.25. The number of hydrogen-bond acceptors (Lipinski definition) is 1. The van der Waals surface area contributed by atoms with Crippen molar-refractivity contribution in [3.05, 3.63) is 11.1 Å². The first-order valence-corrected chi connectivity index (χ1v) is 5.53. The minimum Gasteiger partial charge on any atom is -0.374 e. The van der Waals surface area contributed by atoms with E-state index >= 15 is 0 Å². The van der Waals surface area contributed by atoms with Gasteiger partial charge in [-0.05, 0) is 45.6 Å². The first kappa shape index (κ1) is 10.8. The largest absolute Gasteiger partial charge is 0.374 e. The van der Waals surface area contributed by atoms with Gasteiger partial charge in [-0.25, -0.2) is 0 Å². The van der Waals surface area contributed by atoms with Crippen LogP contribution < -0.4 is 0 Å². The molecule has 0 N–H and O–H groups in total. The van der Waals surface area contributed by atoms with E-state index in [-0.39, 0.29) is 0 Å². The fourth-order valence-corrected chi connectivity index (χ4v) is 1.99. The SMILES string of the molecule is CCOC1CCCCCC(C)=C1C. The monoisotopic (exact) mass is 182 g/mol. The third kappa shape index (κ3) is 3.15. The van der Waals surface area contributed by atoms with E-state index in [0.29, 0.717) is 6.10 Å². The van der Waals surface area contributed by atoms with Crippen LogP contribution in [0.4, 0.5) is 0 Å². The molecule has 0 aromatic rings. The molecule has 0 aromatic carbocycles. The van der Waals surface area contributed by atoms with Crippen LogP contribution >= 0.6 is 0 Å². The summed E-state index contributed by atoms with van der Waals surface area (Å²) in [5, 5.41) is 0. The van der Waals surface area contributed by atoms with E-state index in [2.05, 4.69) is 20.8 Å². The minimum absolute atomic E-state index is 0.408. The number of rotatable bonds is 2. The highest BCUT2D eigenvalue weighted by Gasteiger charge is 2.14. The van der Waals surface area contributed by atoms with Crippen LogP contribution in [-0.4, -0.2) is 12.7 Å². The average molecular weight is 182 g/mol. The van der Waals surface area contributed by atoms with Crippen LogP contribution in [0.3, 0.4) is 0 Å². The highest BCUT2D eigenvalue weighted by atomic mass is 16.5. The zero-order valence-electron chi connectivity index (χ0n) is 9.23. The Bertz CT molecular complexity index is 182. The summed E-state index contributed by atoms with van der Waals surface area (Å²) in [6, 6.07) is 0. The Morgan fingerprint density at radius 3 is 2.69 bits per heavy atom. The second kappa shape index (κ2) is 5.43. The first-order valence-electron chi connectivity index (χ1n) is 5.53. The van der Waals surface area contributed by atoms with Crippen LogP contribution in [0.2, 0.25) is 0 Å². The molecule has 1 nitrogen and oxygen atoms in total. The van der Waals surface area contributed by atoms with Gasteiger partial charge in [0.25, 0.3) is 0 Å². The molecule has 0 radical (unpaired) electrons. The van der Waals surface area contributed by atoms with Gasteiger partial charge in [0.05, 0.1) is 6.10 Å². The second-order valence-electron chi connectivity index (χ2n) is 4.01. The van der Waals surface area contributed by atoms with Crippen LogP contribution in [-0.2, 0) is 4.74 Å². The van der Waals surface area contributed by atoms with Gasteiger partial charge in [0, 0.05) is 6.61 Å². The molecule has 1 atom stereocenters. The van der Waals surface area contributed by atoms with E-state index in [4.69, 9.17) is 4.74 Å². The maximum atomic E-state index is 5.74. The Balaban J connectivity index is 2.65. The van der Waals surface area contributed by atoms with Gasteiger partial charge in [-0.1, -0.05) is 18.4 Å². The molecule has 0 aliphatic heterocycles. The number of hydrogen-bond donors (Lipinski definition) is 0. The van der Waals surface area contributed by atoms with Crippen molar-refractivity contribution in [2.75, 3.05) is 6.61 Å². The molecule has 1 heteroatoms. The predicted octanol–water partition coefficient (Wildman–Crippen LogP) is 3.69. The molecular formula is C12H22O. The minimum atomic E-state index is 0.408. The molecule has 0 fully saturated rings. The zero-order valence-corrected chi connectivity index (χ0v) is 9.23. The van der Waals surface area contributed by atoms with Gasteiger partial charge in [-0.3, -0.25) is 0 Å². The molecule has 0 aromatic heterocycles. The molecular weight excluding hydrogens is 160 g/mol. The van der Waals surface area contributed by atoms with Crippen LogP contribution in [0.15, 0.2) is 11.1 Å². The normalized spacial score (nSPS) is 25.6. The Labute approximate surface area is 82.2 Å². The third-order valence-electron chi connectivity index (χ3n) is 3.04. The van der Waals surface area contributed by atoms with Gasteiger partial charge in [0.15, 0.2) is 0 Å². The molecule has 1 aliphatic carbocycles. The van der Waals surface area contributed by atoms with Crippen molar-refractivity contribution in [2.45, 2.75) is 59.0 Å². The quantitative estimate of drug-likeness (QED) is 0.592. The Kier molecular flexibility index (Phi) is 4.51. The van der Waals surface area contributed by atoms with Gasteiger partial charge in [-0.2, -0.15) is 0 Å². The van der Waals surface area contributed by atoms with E-state index in [9.17, 15) is 0 Å². The van der Waals surface area contributed by atoms with Crippen LogP contribution in [0.25, 0.3) is 0 Å². The lowest BCUT2D eigenvalue weighted by molar-refractivity contribution is 0.0782. The van der Waals surface area contributed by atoms with Gasteiger partial charge in [-0.15, -0.1) is 0 Å². The molecule has 1 rings (SSSR count). The Hall–Kier alpha value is -0.300. The van der Waals surface area contributed by atoms with E-state index in [1.807, 2.05) is 0 Å². The van der Waals surface area contributed by atoms with E-state index in [1.165, 1.54) is 37.7 Å². The summed E-state index contributed by atoms with van der Waals surface area (Å²) in [7, 11) is 0. The van der Waals surface area contributed by atoms with Crippen LogP contribution in [0.1, 0.15) is 52.9 Å². The van der Waals surface area contributed by atoms with Crippen LogP contribution in [0.5, 0.6) is 0 Å². The van der Waals surface area contributed by atoms with Gasteiger partial charge < -0.3 is 4.74 Å². The van der Waals surface area contributed by atoms with E-state index < -0.39 is 0 Å². The maximum absolute atomic E-state index is 5.74. The molecule has 76 valence electrons. The van der Waals surface area contributed by atoms with Gasteiger partial charge >= 0.3 is 0 Å². The summed E-state index contributed by atoms with van der Waals surface area (Å²) in [6.07, 6.45) is 6.96. The Morgan fingerprint density at radius 2 is 2.00 bits per heavy atom. The summed E-state index contributed by atoms with van der Waals surface area (Å²) in [6.45, 7) is 7.42. The maximum Gasteiger partial charge on any atom is 0.0784 e. The fraction of sp³-hybridized carbons (Fsp3) is 0.833. The van der Waals surface area contributed by atoms with Crippen molar-refractivity contribution in [2.24, 2.45) is 0 Å². The van der Waals surface area contributed by atoms with E-state index in [1.54, 1.807) is 5.57 Å². The topological polar surface area (TPSA) is 9.23 Å². The highest BCUT2D eigenvalue weighted by molar-refractivity contribution is 5.15.